The van der Waals surface area contributed by atoms with E-state index in [9.17, 15) is 9.59 Å². The lowest BCUT2D eigenvalue weighted by molar-refractivity contribution is -0.113. The molecular formula is C19H21ClN2O3S2. The lowest BCUT2D eigenvalue weighted by atomic mass is 10.0. The second-order valence-electron chi connectivity index (χ2n) is 6.35. The molecule has 1 aromatic carbocycles. The molecule has 0 atom stereocenters. The fourth-order valence-corrected chi connectivity index (χ4v) is 5.19. The zero-order chi connectivity index (χ0) is 19.4. The molecule has 0 bridgehead atoms. The van der Waals surface area contributed by atoms with Gasteiger partial charge < -0.3 is 15.0 Å². The summed E-state index contributed by atoms with van der Waals surface area (Å²) in [7, 11) is 3.42. The number of carbonyl (C=O) groups is 2. The highest BCUT2D eigenvalue weighted by Crippen LogP contribution is 2.37. The largest absolute Gasteiger partial charge is 0.465 e. The van der Waals surface area contributed by atoms with E-state index in [1.54, 1.807) is 0 Å². The fourth-order valence-electron chi connectivity index (χ4n) is 2.94. The number of hydrogen-bond acceptors (Lipinski definition) is 6. The Hall–Kier alpha value is -1.54. The van der Waals surface area contributed by atoms with E-state index in [0.717, 1.165) is 41.3 Å². The number of anilines is 1. The molecule has 5 nitrogen and oxygen atoms in total. The normalized spacial score (nSPS) is 13.9. The van der Waals surface area contributed by atoms with E-state index >= 15 is 0 Å². The van der Waals surface area contributed by atoms with Crippen molar-refractivity contribution in [3.63, 3.8) is 0 Å². The number of thiophene rings is 1. The van der Waals surface area contributed by atoms with Crippen LogP contribution in [0.1, 0.15) is 26.4 Å². The first-order valence-corrected chi connectivity index (χ1v) is 10.9. The van der Waals surface area contributed by atoms with Gasteiger partial charge in [0.25, 0.3) is 0 Å². The number of hydrogen-bond donors (Lipinski definition) is 1. The maximum absolute atomic E-state index is 12.4. The molecule has 0 spiro atoms. The van der Waals surface area contributed by atoms with Gasteiger partial charge in [0.1, 0.15) is 5.00 Å². The zero-order valence-corrected chi connectivity index (χ0v) is 17.6. The first-order valence-electron chi connectivity index (χ1n) is 8.51. The number of methoxy groups -OCH3 is 1. The van der Waals surface area contributed by atoms with Crippen molar-refractivity contribution in [3.05, 3.63) is 50.9 Å². The van der Waals surface area contributed by atoms with Crippen LogP contribution in [0.4, 0.5) is 5.00 Å². The molecule has 0 saturated carbocycles. The summed E-state index contributed by atoms with van der Waals surface area (Å²) in [5.41, 5.74) is 2.64. The minimum atomic E-state index is -0.388. The summed E-state index contributed by atoms with van der Waals surface area (Å²) in [4.78, 5) is 28.0. The van der Waals surface area contributed by atoms with Gasteiger partial charge in [-0.3, -0.25) is 4.79 Å². The molecule has 1 aliphatic rings. The van der Waals surface area contributed by atoms with Crippen LogP contribution in [0.5, 0.6) is 0 Å². The van der Waals surface area contributed by atoms with Crippen molar-refractivity contribution in [1.82, 2.24) is 4.90 Å². The third-order valence-electron chi connectivity index (χ3n) is 4.31. The topological polar surface area (TPSA) is 58.6 Å². The number of nitrogens with one attached hydrogen (secondary N) is 1. The quantitative estimate of drug-likeness (QED) is 0.709. The van der Waals surface area contributed by atoms with E-state index in [0.29, 0.717) is 21.3 Å². The number of likely N-dealkylation sites (N-methyl/N-ethyl adjacent to an activating group) is 1. The second-order valence-corrected chi connectivity index (χ2v) is 8.88. The van der Waals surface area contributed by atoms with Gasteiger partial charge in [-0.1, -0.05) is 23.7 Å². The number of nitrogens with zero attached hydrogens (tertiary/aromatic N) is 1. The van der Waals surface area contributed by atoms with Gasteiger partial charge in [0.2, 0.25) is 5.91 Å². The summed E-state index contributed by atoms with van der Waals surface area (Å²) < 4.78 is 4.95. The van der Waals surface area contributed by atoms with Crippen LogP contribution in [0.25, 0.3) is 0 Å². The van der Waals surface area contributed by atoms with E-state index in [1.165, 1.54) is 30.2 Å². The minimum absolute atomic E-state index is 0.119. The summed E-state index contributed by atoms with van der Waals surface area (Å²) in [5, 5.41) is 4.21. The van der Waals surface area contributed by atoms with Gasteiger partial charge >= 0.3 is 5.97 Å². The molecule has 1 amide bonds. The number of carbonyl (C=O) groups excluding carboxylic acids is 2. The van der Waals surface area contributed by atoms with Crippen molar-refractivity contribution in [3.8, 4) is 0 Å². The van der Waals surface area contributed by atoms with Gasteiger partial charge in [-0.05, 0) is 36.7 Å². The first-order chi connectivity index (χ1) is 13.0. The molecule has 2 aromatic rings. The Morgan fingerprint density at radius 1 is 1.33 bits per heavy atom. The van der Waals surface area contributed by atoms with E-state index < -0.39 is 0 Å². The fraction of sp³-hybridized carbons (Fsp3) is 0.368. The van der Waals surface area contributed by atoms with Crippen LogP contribution >= 0.6 is 34.7 Å². The van der Waals surface area contributed by atoms with Crippen LogP contribution in [0.15, 0.2) is 24.3 Å². The molecule has 1 aromatic heterocycles. The SMILES string of the molecule is COC(=O)c1c(NC(=O)CSCc2ccc(Cl)cc2)sc2c1CCN(C)C2. The molecular weight excluding hydrogens is 404 g/mol. The summed E-state index contributed by atoms with van der Waals surface area (Å²) in [6, 6.07) is 7.58. The maximum Gasteiger partial charge on any atom is 0.341 e. The lowest BCUT2D eigenvalue weighted by Gasteiger charge is -2.22. The second kappa shape index (κ2) is 9.10. The number of thioether (sulfide) groups is 1. The summed E-state index contributed by atoms with van der Waals surface area (Å²) in [6.07, 6.45) is 0.786. The highest BCUT2D eigenvalue weighted by atomic mass is 35.5. The van der Waals surface area contributed by atoms with Crippen molar-refractivity contribution >= 4 is 51.6 Å². The Morgan fingerprint density at radius 2 is 2.07 bits per heavy atom. The summed E-state index contributed by atoms with van der Waals surface area (Å²) in [6.45, 7) is 1.67. The van der Waals surface area contributed by atoms with Gasteiger partial charge in [-0.25, -0.2) is 4.79 Å². The Labute approximate surface area is 172 Å². The van der Waals surface area contributed by atoms with Crippen LogP contribution in [-0.4, -0.2) is 43.2 Å². The standard InChI is InChI=1S/C19H21ClN2O3S2/c1-22-8-7-14-15(9-22)27-18(17(14)19(24)25-2)21-16(23)11-26-10-12-3-5-13(20)6-4-12/h3-6H,7-11H2,1-2H3,(H,21,23). The predicted octanol–water partition coefficient (Wildman–Crippen LogP) is 4.05. The molecule has 0 unspecified atom stereocenters. The summed E-state index contributed by atoms with van der Waals surface area (Å²) in [5.74, 6) is 0.526. The smallest absolute Gasteiger partial charge is 0.341 e. The number of halogens is 1. The van der Waals surface area contributed by atoms with Crippen molar-refractivity contribution in [1.29, 1.82) is 0 Å². The monoisotopic (exact) mass is 424 g/mol. The van der Waals surface area contributed by atoms with Crippen LogP contribution in [0.2, 0.25) is 5.02 Å². The van der Waals surface area contributed by atoms with Crippen molar-refractivity contribution in [2.45, 2.75) is 18.7 Å². The van der Waals surface area contributed by atoms with Gasteiger partial charge in [-0.15, -0.1) is 23.1 Å². The number of esters is 1. The Morgan fingerprint density at radius 3 is 2.78 bits per heavy atom. The average Bonchev–Trinajstić information content (AvgIpc) is 2.99. The summed E-state index contributed by atoms with van der Waals surface area (Å²) >= 11 is 8.87. The van der Waals surface area contributed by atoms with Crippen molar-refractivity contribution in [2.75, 3.05) is 31.8 Å². The van der Waals surface area contributed by atoms with Gasteiger partial charge in [0.15, 0.2) is 0 Å². The zero-order valence-electron chi connectivity index (χ0n) is 15.2. The number of benzene rings is 1. The van der Waals surface area contributed by atoms with E-state index in [2.05, 4.69) is 10.2 Å². The molecule has 3 rings (SSSR count). The highest BCUT2D eigenvalue weighted by Gasteiger charge is 2.28. The van der Waals surface area contributed by atoms with Crippen LogP contribution in [0.3, 0.4) is 0 Å². The molecule has 144 valence electrons. The minimum Gasteiger partial charge on any atom is -0.465 e. The molecule has 0 aliphatic carbocycles. The molecule has 2 heterocycles. The van der Waals surface area contributed by atoms with Crippen molar-refractivity contribution < 1.29 is 14.3 Å². The van der Waals surface area contributed by atoms with Gasteiger partial charge in [-0.2, -0.15) is 0 Å². The molecule has 1 aliphatic heterocycles. The number of fused-ring (bicyclic) bond motifs is 1. The number of rotatable bonds is 6. The molecule has 0 fully saturated rings. The molecule has 0 radical (unpaired) electrons. The molecule has 8 heteroatoms. The Kier molecular flexibility index (Phi) is 6.81. The van der Waals surface area contributed by atoms with Crippen LogP contribution < -0.4 is 5.32 Å². The maximum atomic E-state index is 12.4. The highest BCUT2D eigenvalue weighted by molar-refractivity contribution is 7.99. The average molecular weight is 425 g/mol. The Balaban J connectivity index is 1.64. The molecule has 0 saturated heterocycles. The molecule has 1 N–H and O–H groups in total. The van der Waals surface area contributed by atoms with E-state index in [-0.39, 0.29) is 11.9 Å². The molecule has 27 heavy (non-hydrogen) atoms. The van der Waals surface area contributed by atoms with Crippen LogP contribution in [0, 0.1) is 0 Å². The third-order valence-corrected chi connectivity index (χ3v) is 6.69. The predicted molar refractivity (Wildman–Crippen MR) is 112 cm³/mol. The van der Waals surface area contributed by atoms with E-state index in [1.807, 2.05) is 31.3 Å². The Bertz CT molecular complexity index is 836. The first kappa shape index (κ1) is 20.2. The number of ether oxygens (including phenoxy) is 1. The lowest BCUT2D eigenvalue weighted by Crippen LogP contribution is -2.26. The van der Waals surface area contributed by atoms with Gasteiger partial charge in [0.05, 0.1) is 18.4 Å². The third kappa shape index (κ3) is 5.04. The van der Waals surface area contributed by atoms with E-state index in [4.69, 9.17) is 16.3 Å². The number of amides is 1. The van der Waals surface area contributed by atoms with Gasteiger partial charge in [0, 0.05) is 28.7 Å². The van der Waals surface area contributed by atoms with Crippen LogP contribution in [-0.2, 0) is 28.2 Å². The van der Waals surface area contributed by atoms with Crippen molar-refractivity contribution in [2.24, 2.45) is 0 Å².